The van der Waals surface area contributed by atoms with Gasteiger partial charge in [0.25, 0.3) is 0 Å². The van der Waals surface area contributed by atoms with Crippen LogP contribution in [0.3, 0.4) is 0 Å². The van der Waals surface area contributed by atoms with E-state index < -0.39 is 0 Å². The lowest BCUT2D eigenvalue weighted by molar-refractivity contribution is -0.121. The average Bonchev–Trinajstić information content (AvgIpc) is 3.01. The Morgan fingerprint density at radius 3 is 2.48 bits per heavy atom. The number of carbonyl (C=O) groups excluding carboxylic acids is 1. The first-order valence-electron chi connectivity index (χ1n) is 8.83. The first-order chi connectivity index (χ1) is 12.0. The van der Waals surface area contributed by atoms with Gasteiger partial charge in [0.2, 0.25) is 5.91 Å². The summed E-state index contributed by atoms with van der Waals surface area (Å²) < 4.78 is 1.92. The molecule has 2 heterocycles. The normalized spacial score (nSPS) is 17.4. The molecule has 25 heavy (non-hydrogen) atoms. The van der Waals surface area contributed by atoms with Gasteiger partial charge in [-0.25, -0.2) is 0 Å². The van der Waals surface area contributed by atoms with Crippen LogP contribution in [0.5, 0.6) is 0 Å². The van der Waals surface area contributed by atoms with Crippen LogP contribution >= 0.6 is 0 Å². The smallest absolute Gasteiger partial charge is 0.241 e. The van der Waals surface area contributed by atoms with Crippen LogP contribution in [0, 0.1) is 6.92 Å². The molecule has 6 heteroatoms. The number of rotatable bonds is 5. The molecular weight excluding hydrogens is 314 g/mol. The van der Waals surface area contributed by atoms with Crippen LogP contribution in [0.2, 0.25) is 0 Å². The molecule has 0 unspecified atom stereocenters. The Balaban J connectivity index is 1.54. The molecule has 0 saturated carbocycles. The van der Waals surface area contributed by atoms with Crippen LogP contribution in [0.25, 0.3) is 0 Å². The predicted molar refractivity (Wildman–Crippen MR) is 99.7 cm³/mol. The number of benzene rings is 1. The molecule has 2 aromatic rings. The maximum Gasteiger partial charge on any atom is 0.241 e. The molecular formula is C19H27N5O. The second-order valence-corrected chi connectivity index (χ2v) is 6.92. The molecule has 1 aromatic carbocycles. The van der Waals surface area contributed by atoms with E-state index in [-0.39, 0.29) is 11.9 Å². The first-order valence-corrected chi connectivity index (χ1v) is 8.83. The van der Waals surface area contributed by atoms with Gasteiger partial charge in [0, 0.05) is 38.1 Å². The quantitative estimate of drug-likeness (QED) is 0.901. The van der Waals surface area contributed by atoms with Crippen LogP contribution in [0.1, 0.15) is 18.1 Å². The van der Waals surface area contributed by atoms with Gasteiger partial charge < -0.3 is 10.2 Å². The fourth-order valence-corrected chi connectivity index (χ4v) is 3.06. The molecule has 1 fully saturated rings. The van der Waals surface area contributed by atoms with E-state index in [1.165, 1.54) is 0 Å². The number of nitrogens with zero attached hydrogens (tertiary/aromatic N) is 4. The molecule has 0 aliphatic carbocycles. The van der Waals surface area contributed by atoms with E-state index in [4.69, 9.17) is 0 Å². The van der Waals surface area contributed by atoms with Crippen molar-refractivity contribution in [3.8, 4) is 0 Å². The van der Waals surface area contributed by atoms with Crippen LogP contribution in [-0.2, 0) is 11.3 Å². The lowest BCUT2D eigenvalue weighted by Gasteiger charge is -2.35. The fraction of sp³-hybridized carbons (Fsp3) is 0.474. The highest BCUT2D eigenvalue weighted by molar-refractivity contribution is 5.94. The summed E-state index contributed by atoms with van der Waals surface area (Å²) >= 11 is 0. The van der Waals surface area contributed by atoms with E-state index in [1.807, 2.05) is 55.2 Å². The van der Waals surface area contributed by atoms with Gasteiger partial charge in [0.1, 0.15) is 0 Å². The van der Waals surface area contributed by atoms with Crippen molar-refractivity contribution in [2.75, 3.05) is 38.5 Å². The highest BCUT2D eigenvalue weighted by atomic mass is 16.2. The molecule has 0 bridgehead atoms. The predicted octanol–water partition coefficient (Wildman–Crippen LogP) is 1.81. The van der Waals surface area contributed by atoms with Crippen molar-refractivity contribution >= 4 is 11.6 Å². The van der Waals surface area contributed by atoms with Crippen molar-refractivity contribution in [1.29, 1.82) is 0 Å². The summed E-state index contributed by atoms with van der Waals surface area (Å²) in [5.74, 6) is 0.0556. The average molecular weight is 341 g/mol. The zero-order valence-corrected chi connectivity index (χ0v) is 15.3. The van der Waals surface area contributed by atoms with Crippen LogP contribution < -0.4 is 5.32 Å². The van der Waals surface area contributed by atoms with Crippen molar-refractivity contribution in [3.63, 3.8) is 0 Å². The van der Waals surface area contributed by atoms with Gasteiger partial charge in [-0.2, -0.15) is 5.10 Å². The maximum atomic E-state index is 12.5. The Morgan fingerprint density at radius 1 is 1.20 bits per heavy atom. The van der Waals surface area contributed by atoms with Gasteiger partial charge in [0.05, 0.1) is 18.8 Å². The summed E-state index contributed by atoms with van der Waals surface area (Å²) in [5.41, 5.74) is 3.15. The Hall–Kier alpha value is -2.18. The van der Waals surface area contributed by atoms with Crippen molar-refractivity contribution in [2.24, 2.45) is 0 Å². The summed E-state index contributed by atoms with van der Waals surface area (Å²) in [7, 11) is 2.12. The van der Waals surface area contributed by atoms with E-state index in [0.29, 0.717) is 0 Å². The number of hydrogen-bond donors (Lipinski definition) is 1. The number of aromatic nitrogens is 2. The topological polar surface area (TPSA) is 53.4 Å². The number of hydrogen-bond acceptors (Lipinski definition) is 4. The zero-order valence-electron chi connectivity index (χ0n) is 15.3. The third-order valence-corrected chi connectivity index (χ3v) is 4.79. The van der Waals surface area contributed by atoms with Crippen LogP contribution in [-0.4, -0.2) is 64.8 Å². The molecule has 0 spiro atoms. The fourth-order valence-electron chi connectivity index (χ4n) is 3.06. The van der Waals surface area contributed by atoms with E-state index in [9.17, 15) is 4.79 Å². The highest BCUT2D eigenvalue weighted by Crippen LogP contribution is 2.13. The van der Waals surface area contributed by atoms with Crippen molar-refractivity contribution < 1.29 is 4.79 Å². The van der Waals surface area contributed by atoms with Gasteiger partial charge >= 0.3 is 0 Å². The standard InChI is InChI=1S/C19H27N5O/c1-15-12-20-24(13-15)14-17-4-6-18(7-5-17)21-19(25)16(2)23-10-8-22(3)9-11-23/h4-7,12-13,16H,8-11,14H2,1-3H3,(H,21,25)/t16-/m1/s1. The minimum atomic E-state index is -0.111. The molecule has 1 amide bonds. The number of nitrogens with one attached hydrogen (secondary N) is 1. The summed E-state index contributed by atoms with van der Waals surface area (Å²) in [5, 5.41) is 7.33. The van der Waals surface area contributed by atoms with E-state index >= 15 is 0 Å². The lowest BCUT2D eigenvalue weighted by atomic mass is 10.2. The molecule has 134 valence electrons. The maximum absolute atomic E-state index is 12.5. The summed E-state index contributed by atoms with van der Waals surface area (Å²) in [6, 6.07) is 7.88. The molecule has 3 rings (SSSR count). The second-order valence-electron chi connectivity index (χ2n) is 6.92. The van der Waals surface area contributed by atoms with Crippen molar-refractivity contribution in [3.05, 3.63) is 47.8 Å². The molecule has 6 nitrogen and oxygen atoms in total. The van der Waals surface area contributed by atoms with Crippen molar-refractivity contribution in [2.45, 2.75) is 26.4 Å². The first kappa shape index (κ1) is 17.6. The third-order valence-electron chi connectivity index (χ3n) is 4.79. The number of piperazine rings is 1. The lowest BCUT2D eigenvalue weighted by Crippen LogP contribution is -2.51. The Morgan fingerprint density at radius 2 is 1.88 bits per heavy atom. The molecule has 1 saturated heterocycles. The second kappa shape index (κ2) is 7.80. The summed E-state index contributed by atoms with van der Waals surface area (Å²) in [6.45, 7) is 8.65. The van der Waals surface area contributed by atoms with E-state index in [0.717, 1.165) is 49.5 Å². The molecule has 1 N–H and O–H groups in total. The van der Waals surface area contributed by atoms with Crippen LogP contribution in [0.4, 0.5) is 5.69 Å². The van der Waals surface area contributed by atoms with E-state index in [1.54, 1.807) is 0 Å². The number of anilines is 1. The number of amides is 1. The largest absolute Gasteiger partial charge is 0.325 e. The molecule has 1 aliphatic heterocycles. The summed E-state index contributed by atoms with van der Waals surface area (Å²) in [6.07, 6.45) is 3.88. The Bertz CT molecular complexity index is 701. The minimum absolute atomic E-state index is 0.0556. The van der Waals surface area contributed by atoms with Crippen molar-refractivity contribution in [1.82, 2.24) is 19.6 Å². The highest BCUT2D eigenvalue weighted by Gasteiger charge is 2.24. The minimum Gasteiger partial charge on any atom is -0.325 e. The summed E-state index contributed by atoms with van der Waals surface area (Å²) in [4.78, 5) is 17.0. The Kier molecular flexibility index (Phi) is 5.50. The van der Waals surface area contributed by atoms with Gasteiger partial charge in [-0.3, -0.25) is 14.4 Å². The molecule has 1 aliphatic rings. The van der Waals surface area contributed by atoms with Gasteiger partial charge in [-0.1, -0.05) is 12.1 Å². The number of carbonyl (C=O) groups is 1. The third kappa shape index (κ3) is 4.67. The number of aryl methyl sites for hydroxylation is 1. The molecule has 1 atom stereocenters. The van der Waals surface area contributed by atoms with Gasteiger partial charge in [0.15, 0.2) is 0 Å². The van der Waals surface area contributed by atoms with E-state index in [2.05, 4.69) is 27.3 Å². The Labute approximate surface area is 149 Å². The zero-order chi connectivity index (χ0) is 17.8. The van der Waals surface area contributed by atoms with Crippen LogP contribution in [0.15, 0.2) is 36.7 Å². The van der Waals surface area contributed by atoms with Gasteiger partial charge in [-0.15, -0.1) is 0 Å². The monoisotopic (exact) mass is 341 g/mol. The molecule has 0 radical (unpaired) electrons. The SMILES string of the molecule is Cc1cnn(Cc2ccc(NC(=O)[C@@H](C)N3CCN(C)CC3)cc2)c1. The number of likely N-dealkylation sites (N-methyl/N-ethyl adjacent to an activating group) is 1. The van der Waals surface area contributed by atoms with Gasteiger partial charge in [-0.05, 0) is 44.2 Å². The molecule has 1 aromatic heterocycles.